The number of carbonyl (C=O) groups is 1. The van der Waals surface area contributed by atoms with Crippen molar-refractivity contribution in [2.75, 3.05) is 0 Å². The largest absolute Gasteiger partial charge is 0.439 e. The first-order chi connectivity index (χ1) is 15.5. The lowest BCUT2D eigenvalue weighted by atomic mass is 10.0. The summed E-state index contributed by atoms with van der Waals surface area (Å²) >= 11 is 6.16. The minimum atomic E-state index is -0.177. The van der Waals surface area contributed by atoms with Gasteiger partial charge in [-0.25, -0.2) is 9.36 Å². The smallest absolute Gasteiger partial charge is 0.278 e. The molecule has 0 bridgehead atoms. The van der Waals surface area contributed by atoms with Gasteiger partial charge in [0.15, 0.2) is 0 Å². The number of rotatable bonds is 5. The number of nitrogens with zero attached hydrogens (tertiary/aromatic N) is 2. The number of nitrogens with one attached hydrogen (secondary N) is 1. The van der Waals surface area contributed by atoms with Gasteiger partial charge in [0.1, 0.15) is 12.3 Å². The highest BCUT2D eigenvalue weighted by atomic mass is 35.5. The number of halogens is 1. The predicted molar refractivity (Wildman–Crippen MR) is 124 cm³/mol. The van der Waals surface area contributed by atoms with Crippen LogP contribution < -0.4 is 15.6 Å². The van der Waals surface area contributed by atoms with Crippen LogP contribution in [0.25, 0.3) is 5.69 Å². The monoisotopic (exact) mass is 451 g/mol. The van der Waals surface area contributed by atoms with Gasteiger partial charge in [0.25, 0.3) is 5.56 Å². The number of carbonyl (C=O) groups excluding carboxylic acids is 1. The third kappa shape index (κ3) is 3.84. The summed E-state index contributed by atoms with van der Waals surface area (Å²) < 4.78 is 9.39. The summed E-state index contributed by atoms with van der Waals surface area (Å²) in [7, 11) is 0. The molecule has 0 atom stereocenters. The Balaban J connectivity index is 1.57. The second kappa shape index (κ2) is 8.51. The summed E-state index contributed by atoms with van der Waals surface area (Å²) in [5, 5.41) is 3.72. The molecule has 2 aliphatic rings. The summed E-state index contributed by atoms with van der Waals surface area (Å²) in [4.78, 5) is 26.4. The van der Waals surface area contributed by atoms with Gasteiger partial charge in [0.2, 0.25) is 11.8 Å². The van der Waals surface area contributed by atoms with E-state index in [0.29, 0.717) is 34.3 Å². The van der Waals surface area contributed by atoms with Gasteiger partial charge in [-0.05, 0) is 55.2 Å². The molecule has 0 radical (unpaired) electrons. The number of hydrogen-bond acceptors (Lipinski definition) is 3. The fraction of sp³-hybridized carbons (Fsp3) is 0.360. The maximum atomic E-state index is 13.5. The molecule has 32 heavy (non-hydrogen) atoms. The van der Waals surface area contributed by atoms with Gasteiger partial charge in [0.05, 0.1) is 11.3 Å². The predicted octanol–water partition coefficient (Wildman–Crippen LogP) is 4.61. The fourth-order valence-corrected chi connectivity index (χ4v) is 4.87. The van der Waals surface area contributed by atoms with Crippen LogP contribution in [0.4, 0.5) is 0 Å². The van der Waals surface area contributed by atoms with E-state index in [1.165, 1.54) is 5.56 Å². The molecular formula is C25H26ClN3O3. The van der Waals surface area contributed by atoms with Crippen molar-refractivity contribution in [1.29, 1.82) is 0 Å². The fourth-order valence-electron chi connectivity index (χ4n) is 4.67. The number of aryl methyl sites for hydroxylation is 1. The molecule has 1 aliphatic heterocycles. The standard InChI is InChI=1S/C25H26ClN3O3/c1-2-16-7-10-20(11-8-16)29-24(31)21-14-17-13-18(26)9-12-22(17)32-25(21)28(29)15-23(30)27-19-5-3-4-6-19/h7-13,19H,2-6,14-15H2,1H3,(H,27,30). The van der Waals surface area contributed by atoms with E-state index >= 15 is 0 Å². The van der Waals surface area contributed by atoms with E-state index in [9.17, 15) is 9.59 Å². The van der Waals surface area contributed by atoms with E-state index in [1.807, 2.05) is 30.3 Å². The summed E-state index contributed by atoms with van der Waals surface area (Å²) in [6.07, 6.45) is 5.61. The Morgan fingerprint density at radius 3 is 2.62 bits per heavy atom. The van der Waals surface area contributed by atoms with E-state index in [-0.39, 0.29) is 24.1 Å². The van der Waals surface area contributed by atoms with Gasteiger partial charge in [-0.1, -0.05) is 43.5 Å². The molecule has 6 nitrogen and oxygen atoms in total. The van der Waals surface area contributed by atoms with Crippen LogP contribution in [0.15, 0.2) is 47.3 Å². The summed E-state index contributed by atoms with van der Waals surface area (Å²) in [6.45, 7) is 2.10. The molecule has 2 aromatic carbocycles. The maximum Gasteiger partial charge on any atom is 0.278 e. The number of amides is 1. The second-order valence-electron chi connectivity index (χ2n) is 8.56. The first-order valence-corrected chi connectivity index (χ1v) is 11.6. The molecule has 7 heteroatoms. The molecule has 3 aromatic rings. The molecule has 5 rings (SSSR count). The zero-order valence-corrected chi connectivity index (χ0v) is 18.8. The van der Waals surface area contributed by atoms with E-state index in [2.05, 4.69) is 12.2 Å². The van der Waals surface area contributed by atoms with Gasteiger partial charge in [-0.3, -0.25) is 9.59 Å². The zero-order valence-electron chi connectivity index (χ0n) is 18.1. The molecule has 1 fully saturated rings. The van der Waals surface area contributed by atoms with Crippen LogP contribution in [0.5, 0.6) is 11.6 Å². The van der Waals surface area contributed by atoms with E-state index < -0.39 is 0 Å². The lowest BCUT2D eigenvalue weighted by molar-refractivity contribution is -0.122. The van der Waals surface area contributed by atoms with E-state index in [1.54, 1.807) is 21.5 Å². The van der Waals surface area contributed by atoms with Crippen LogP contribution in [0.1, 0.15) is 49.3 Å². The quantitative estimate of drug-likeness (QED) is 0.482. The Labute approximate surface area is 191 Å². The molecule has 1 aliphatic carbocycles. The Bertz CT molecular complexity index is 1220. The molecule has 1 N–H and O–H groups in total. The Hall–Kier alpha value is -2.99. The van der Waals surface area contributed by atoms with Crippen LogP contribution in [0.2, 0.25) is 5.02 Å². The minimum absolute atomic E-state index is 0.0134. The van der Waals surface area contributed by atoms with Gasteiger partial charge >= 0.3 is 0 Å². The lowest BCUT2D eigenvalue weighted by Gasteiger charge is -2.20. The molecule has 2 heterocycles. The number of benzene rings is 2. The van der Waals surface area contributed by atoms with Crippen molar-refractivity contribution in [1.82, 2.24) is 14.7 Å². The third-order valence-corrected chi connectivity index (χ3v) is 6.62. The molecule has 1 saturated carbocycles. The van der Waals surface area contributed by atoms with Crippen LogP contribution >= 0.6 is 11.6 Å². The van der Waals surface area contributed by atoms with Crippen LogP contribution in [0, 0.1) is 0 Å². The first kappa shape index (κ1) is 20.9. The van der Waals surface area contributed by atoms with Crippen molar-refractivity contribution >= 4 is 17.5 Å². The van der Waals surface area contributed by atoms with Crippen molar-refractivity contribution in [3.63, 3.8) is 0 Å². The second-order valence-corrected chi connectivity index (χ2v) is 8.99. The van der Waals surface area contributed by atoms with Crippen LogP contribution in [-0.4, -0.2) is 21.3 Å². The van der Waals surface area contributed by atoms with Crippen molar-refractivity contribution in [2.45, 2.75) is 58.0 Å². The molecule has 1 amide bonds. The molecule has 0 saturated heterocycles. The van der Waals surface area contributed by atoms with Crippen LogP contribution in [0.3, 0.4) is 0 Å². The Kier molecular flexibility index (Phi) is 5.55. The van der Waals surface area contributed by atoms with Crippen molar-refractivity contribution in [3.05, 3.63) is 74.5 Å². The van der Waals surface area contributed by atoms with E-state index in [0.717, 1.165) is 37.7 Å². The number of hydrogen-bond donors (Lipinski definition) is 1. The van der Waals surface area contributed by atoms with Crippen molar-refractivity contribution in [3.8, 4) is 17.3 Å². The molecule has 0 unspecified atom stereocenters. The molecule has 1 aromatic heterocycles. The number of aromatic nitrogens is 2. The topological polar surface area (TPSA) is 65.3 Å². The Morgan fingerprint density at radius 1 is 1.16 bits per heavy atom. The molecule has 0 spiro atoms. The third-order valence-electron chi connectivity index (χ3n) is 6.38. The Morgan fingerprint density at radius 2 is 1.91 bits per heavy atom. The summed E-state index contributed by atoms with van der Waals surface area (Å²) in [6, 6.07) is 13.5. The van der Waals surface area contributed by atoms with Gasteiger partial charge in [-0.2, -0.15) is 0 Å². The van der Waals surface area contributed by atoms with Crippen LogP contribution in [-0.2, 0) is 24.2 Å². The average Bonchev–Trinajstić information content (AvgIpc) is 3.39. The van der Waals surface area contributed by atoms with Gasteiger partial charge in [-0.15, -0.1) is 0 Å². The minimum Gasteiger partial charge on any atom is -0.439 e. The number of ether oxygens (including phenoxy) is 1. The number of fused-ring (bicyclic) bond motifs is 2. The van der Waals surface area contributed by atoms with Crippen molar-refractivity contribution in [2.24, 2.45) is 0 Å². The SMILES string of the molecule is CCc1ccc(-n2c(=O)c3c(n2CC(=O)NC2CCCC2)Oc2ccc(Cl)cc2C3)cc1. The van der Waals surface area contributed by atoms with Gasteiger partial charge < -0.3 is 10.1 Å². The highest BCUT2D eigenvalue weighted by Crippen LogP contribution is 2.37. The summed E-state index contributed by atoms with van der Waals surface area (Å²) in [5.41, 5.74) is 3.11. The average molecular weight is 452 g/mol. The normalized spacial score (nSPS) is 15.2. The highest BCUT2D eigenvalue weighted by Gasteiger charge is 2.30. The molecular weight excluding hydrogens is 426 g/mol. The first-order valence-electron chi connectivity index (χ1n) is 11.2. The summed E-state index contributed by atoms with van der Waals surface area (Å²) in [5.74, 6) is 0.968. The zero-order chi connectivity index (χ0) is 22.2. The van der Waals surface area contributed by atoms with E-state index in [4.69, 9.17) is 16.3 Å². The molecule has 166 valence electrons. The lowest BCUT2D eigenvalue weighted by Crippen LogP contribution is -2.37. The maximum absolute atomic E-state index is 13.5. The van der Waals surface area contributed by atoms with Gasteiger partial charge in [0, 0.05) is 23.0 Å². The van der Waals surface area contributed by atoms with Crippen molar-refractivity contribution < 1.29 is 9.53 Å². The highest BCUT2D eigenvalue weighted by molar-refractivity contribution is 6.30.